The fraction of sp³-hybridized carbons (Fsp3) is 0.611. The zero-order valence-corrected chi connectivity index (χ0v) is 16.6. The second kappa shape index (κ2) is 8.75. The van der Waals surface area contributed by atoms with Crippen LogP contribution in [0.4, 0.5) is 0 Å². The van der Waals surface area contributed by atoms with E-state index in [1.54, 1.807) is 16.8 Å². The van der Waals surface area contributed by atoms with Crippen molar-refractivity contribution >= 4 is 29.9 Å². The third-order valence-corrected chi connectivity index (χ3v) is 5.30. The number of nitrogens with zero attached hydrogens (tertiary/aromatic N) is 3. The van der Waals surface area contributed by atoms with Crippen LogP contribution in [0, 0.1) is 5.41 Å². The molecule has 1 N–H and O–H groups in total. The molecule has 2 aliphatic heterocycles. The van der Waals surface area contributed by atoms with Crippen LogP contribution in [0.25, 0.3) is 0 Å². The van der Waals surface area contributed by atoms with Gasteiger partial charge in [0.25, 0.3) is 12.4 Å². The Kier molecular flexibility index (Phi) is 6.89. The molecule has 3 rings (SSSR count). The first-order valence-electron chi connectivity index (χ1n) is 8.77. The molecule has 2 saturated heterocycles. The average molecular weight is 400 g/mol. The van der Waals surface area contributed by atoms with E-state index < -0.39 is 5.41 Å². The number of aryl methyl sites for hydroxylation is 1. The molecule has 27 heavy (non-hydrogen) atoms. The number of carbonyl (C=O) groups excluding carboxylic acids is 2. The van der Waals surface area contributed by atoms with Gasteiger partial charge in [-0.15, -0.1) is 0 Å². The van der Waals surface area contributed by atoms with Gasteiger partial charge >= 0.3 is 5.97 Å². The number of hydrogen-bond acceptors (Lipinski definition) is 5. The van der Waals surface area contributed by atoms with Crippen LogP contribution in [-0.2, 0) is 21.4 Å². The van der Waals surface area contributed by atoms with Crippen LogP contribution in [-0.4, -0.2) is 77.7 Å². The molecule has 1 aromatic rings. The van der Waals surface area contributed by atoms with E-state index in [4.69, 9.17) is 26.2 Å². The lowest BCUT2D eigenvalue weighted by atomic mass is 9.76. The van der Waals surface area contributed by atoms with Crippen LogP contribution >= 0.6 is 11.6 Å². The van der Waals surface area contributed by atoms with Gasteiger partial charge in [-0.1, -0.05) is 11.6 Å². The highest BCUT2D eigenvalue weighted by atomic mass is 35.5. The fourth-order valence-corrected chi connectivity index (χ4v) is 4.04. The van der Waals surface area contributed by atoms with Crippen LogP contribution in [0.15, 0.2) is 12.3 Å². The summed E-state index contributed by atoms with van der Waals surface area (Å²) in [6.45, 7) is 1.65. The minimum absolute atomic E-state index is 0.0320. The van der Waals surface area contributed by atoms with E-state index in [9.17, 15) is 9.59 Å². The molecule has 150 valence electrons. The number of halogens is 1. The second-order valence-electron chi connectivity index (χ2n) is 7.33. The molecular weight excluding hydrogens is 374 g/mol. The maximum Gasteiger partial charge on any atom is 0.312 e. The first-order chi connectivity index (χ1) is 12.7. The Morgan fingerprint density at radius 3 is 2.52 bits per heavy atom. The molecule has 0 aromatic carbocycles. The van der Waals surface area contributed by atoms with Crippen LogP contribution in [0.3, 0.4) is 0 Å². The third kappa shape index (κ3) is 4.81. The number of aromatic nitrogens is 1. The van der Waals surface area contributed by atoms with Gasteiger partial charge in [-0.2, -0.15) is 0 Å². The molecule has 1 spiro atoms. The Bertz CT molecular complexity index is 695. The summed E-state index contributed by atoms with van der Waals surface area (Å²) in [5.41, 5.74) is 0.166. The molecular formula is C18H26ClN3O5. The second-order valence-corrected chi connectivity index (χ2v) is 7.76. The summed E-state index contributed by atoms with van der Waals surface area (Å²) in [5.74, 6) is -0.126. The molecule has 2 fully saturated rings. The summed E-state index contributed by atoms with van der Waals surface area (Å²) in [7, 11) is 5.76. The Morgan fingerprint density at radius 2 is 2.04 bits per heavy atom. The number of esters is 1. The number of ether oxygens (including phenoxy) is 1. The predicted molar refractivity (Wildman–Crippen MR) is 99.7 cm³/mol. The van der Waals surface area contributed by atoms with E-state index >= 15 is 0 Å². The van der Waals surface area contributed by atoms with Gasteiger partial charge in [0.15, 0.2) is 0 Å². The van der Waals surface area contributed by atoms with Crippen molar-refractivity contribution in [3.63, 3.8) is 0 Å². The smallest absolute Gasteiger partial charge is 0.312 e. The highest BCUT2D eigenvalue weighted by molar-refractivity contribution is 6.31. The van der Waals surface area contributed by atoms with E-state index in [1.807, 2.05) is 30.9 Å². The first-order valence-corrected chi connectivity index (χ1v) is 9.15. The third-order valence-electron chi connectivity index (χ3n) is 5.09. The molecule has 0 aliphatic carbocycles. The zero-order valence-electron chi connectivity index (χ0n) is 15.9. The summed E-state index contributed by atoms with van der Waals surface area (Å²) in [6.07, 6.45) is 3.77. The molecule has 0 bridgehead atoms. The lowest BCUT2D eigenvalue weighted by Crippen LogP contribution is -2.45. The Balaban J connectivity index is 0.000000817. The van der Waals surface area contributed by atoms with Gasteiger partial charge in [0.2, 0.25) is 0 Å². The van der Waals surface area contributed by atoms with Crippen molar-refractivity contribution in [2.75, 3.05) is 33.7 Å². The summed E-state index contributed by atoms with van der Waals surface area (Å²) < 4.78 is 7.30. The highest BCUT2D eigenvalue weighted by Gasteiger charge is 2.50. The number of rotatable bonds is 3. The zero-order chi connectivity index (χ0) is 20.2. The topological polar surface area (TPSA) is 92.1 Å². The van der Waals surface area contributed by atoms with Crippen molar-refractivity contribution in [3.05, 3.63) is 23.0 Å². The number of likely N-dealkylation sites (tertiary alicyclic amines) is 1. The SMILES string of the molecule is CN(C)CC1CC2(CCN(C(=O)c3cc(Cl)cn3C)CC2)C(=O)O1.O=CO. The molecule has 0 saturated carbocycles. The molecule has 1 aromatic heterocycles. The molecule has 8 nitrogen and oxygen atoms in total. The number of hydrogen-bond donors (Lipinski definition) is 1. The quantitative estimate of drug-likeness (QED) is 0.611. The highest BCUT2D eigenvalue weighted by Crippen LogP contribution is 2.43. The van der Waals surface area contributed by atoms with Crippen LogP contribution < -0.4 is 0 Å². The van der Waals surface area contributed by atoms with Gasteiger partial charge in [0.05, 0.1) is 10.4 Å². The van der Waals surface area contributed by atoms with Crippen molar-refractivity contribution in [1.82, 2.24) is 14.4 Å². The molecule has 1 unspecified atom stereocenters. The van der Waals surface area contributed by atoms with Crippen molar-refractivity contribution in [1.29, 1.82) is 0 Å². The Hall–Kier alpha value is -2.06. The maximum absolute atomic E-state index is 12.7. The van der Waals surface area contributed by atoms with Gasteiger partial charge < -0.3 is 24.2 Å². The van der Waals surface area contributed by atoms with Gasteiger partial charge in [-0.3, -0.25) is 14.4 Å². The van der Waals surface area contributed by atoms with E-state index in [2.05, 4.69) is 0 Å². The minimum Gasteiger partial charge on any atom is -0.483 e. The monoisotopic (exact) mass is 399 g/mol. The average Bonchev–Trinajstić information content (AvgIpc) is 3.07. The van der Waals surface area contributed by atoms with Crippen LogP contribution in [0.2, 0.25) is 5.02 Å². The number of carbonyl (C=O) groups is 3. The maximum atomic E-state index is 12.7. The van der Waals surface area contributed by atoms with Crippen molar-refractivity contribution in [2.45, 2.75) is 25.4 Å². The summed E-state index contributed by atoms with van der Waals surface area (Å²) in [6, 6.07) is 1.69. The number of amides is 1. The lowest BCUT2D eigenvalue weighted by molar-refractivity contribution is -0.150. The molecule has 3 heterocycles. The number of likely N-dealkylation sites (N-methyl/N-ethyl adjacent to an activating group) is 1. The molecule has 1 amide bonds. The molecule has 0 radical (unpaired) electrons. The van der Waals surface area contributed by atoms with Crippen molar-refractivity contribution < 1.29 is 24.2 Å². The number of cyclic esters (lactones) is 1. The summed E-state index contributed by atoms with van der Waals surface area (Å²) in [5, 5.41) is 7.44. The molecule has 1 atom stereocenters. The van der Waals surface area contributed by atoms with Gasteiger partial charge in [-0.25, -0.2) is 0 Å². The van der Waals surface area contributed by atoms with Crippen LogP contribution in [0.5, 0.6) is 0 Å². The normalized spacial score (nSPS) is 21.0. The first kappa shape index (κ1) is 21.2. The molecule has 9 heteroatoms. The molecule has 2 aliphatic rings. The summed E-state index contributed by atoms with van der Waals surface area (Å²) in [4.78, 5) is 37.2. The lowest BCUT2D eigenvalue weighted by Gasteiger charge is -2.36. The fourth-order valence-electron chi connectivity index (χ4n) is 3.79. The van der Waals surface area contributed by atoms with Crippen LogP contribution in [0.1, 0.15) is 29.8 Å². The predicted octanol–water partition coefficient (Wildman–Crippen LogP) is 1.48. The van der Waals surface area contributed by atoms with E-state index in [-0.39, 0.29) is 24.5 Å². The number of piperidine rings is 1. The van der Waals surface area contributed by atoms with Crippen molar-refractivity contribution in [3.8, 4) is 0 Å². The minimum atomic E-state index is -0.413. The largest absolute Gasteiger partial charge is 0.483 e. The van der Waals surface area contributed by atoms with E-state index in [0.717, 1.165) is 13.0 Å². The van der Waals surface area contributed by atoms with Gasteiger partial charge in [0.1, 0.15) is 11.8 Å². The van der Waals surface area contributed by atoms with Crippen molar-refractivity contribution in [2.24, 2.45) is 12.5 Å². The van der Waals surface area contributed by atoms with E-state index in [1.165, 1.54) is 0 Å². The summed E-state index contributed by atoms with van der Waals surface area (Å²) >= 11 is 5.97. The van der Waals surface area contributed by atoms with E-state index in [0.29, 0.717) is 36.6 Å². The standard InChI is InChI=1S/C17H24ClN3O3.CH2O2/c1-19(2)11-13-9-17(16(23)24-13)4-6-21(7-5-17)15(22)14-8-12(18)10-20(14)3;2-1-3/h8,10,13H,4-7,9,11H2,1-3H3;1H,(H,2,3). The Morgan fingerprint density at radius 1 is 1.44 bits per heavy atom. The Labute approximate surface area is 163 Å². The van der Waals surface area contributed by atoms with Gasteiger partial charge in [0, 0.05) is 39.3 Å². The number of carboxylic acid groups (broad SMARTS) is 1. The van der Waals surface area contributed by atoms with Gasteiger partial charge in [-0.05, 0) is 33.0 Å².